The van der Waals surface area contributed by atoms with Gasteiger partial charge in [0.1, 0.15) is 29.1 Å². The molecule has 2 N–H and O–H groups in total. The highest BCUT2D eigenvalue weighted by atomic mass is 16.5. The second-order valence-corrected chi connectivity index (χ2v) is 6.55. The molecule has 1 amide bonds. The van der Waals surface area contributed by atoms with Gasteiger partial charge in [-0.2, -0.15) is 5.10 Å². The maximum Gasteiger partial charge on any atom is 0.276 e. The number of carbonyl (C=O) groups excluding carboxylic acids is 1. The van der Waals surface area contributed by atoms with Crippen molar-refractivity contribution in [3.05, 3.63) is 47.3 Å². The van der Waals surface area contributed by atoms with Crippen LogP contribution in [-0.4, -0.2) is 28.8 Å². The van der Waals surface area contributed by atoms with Gasteiger partial charge in [0.2, 0.25) is 0 Å². The fourth-order valence-corrected chi connectivity index (χ4v) is 3.14. The normalized spacial score (nSPS) is 15.3. The van der Waals surface area contributed by atoms with Crippen LogP contribution in [0.5, 0.6) is 11.5 Å². The predicted octanol–water partition coefficient (Wildman–Crippen LogP) is 3.95. The summed E-state index contributed by atoms with van der Waals surface area (Å²) in [6, 6.07) is 9.08. The van der Waals surface area contributed by atoms with Crippen LogP contribution < -0.4 is 14.8 Å². The Labute approximate surface area is 156 Å². The van der Waals surface area contributed by atoms with E-state index in [1.165, 1.54) is 0 Å². The van der Waals surface area contributed by atoms with E-state index in [1.807, 2.05) is 45.0 Å². The Morgan fingerprint density at radius 1 is 1.37 bits per heavy atom. The molecule has 0 saturated carbocycles. The molecule has 0 bridgehead atoms. The highest BCUT2D eigenvalue weighted by molar-refractivity contribution is 6.04. The average molecular weight is 367 g/mol. The van der Waals surface area contributed by atoms with Gasteiger partial charge in [-0.15, -0.1) is 0 Å². The lowest BCUT2D eigenvalue weighted by molar-refractivity contribution is 0.102. The molecule has 7 nitrogen and oxygen atoms in total. The van der Waals surface area contributed by atoms with E-state index in [0.717, 1.165) is 23.5 Å². The number of carbonyl (C=O) groups is 1. The summed E-state index contributed by atoms with van der Waals surface area (Å²) in [5.41, 5.74) is 2.55. The van der Waals surface area contributed by atoms with Gasteiger partial charge in [0, 0.05) is 24.1 Å². The first-order valence-electron chi connectivity index (χ1n) is 8.93. The molecule has 3 aromatic rings. The summed E-state index contributed by atoms with van der Waals surface area (Å²) in [7, 11) is 0. The number of H-pyrrole nitrogens is 1. The maximum absolute atomic E-state index is 12.7. The van der Waals surface area contributed by atoms with Gasteiger partial charge in [0.15, 0.2) is 11.5 Å². The van der Waals surface area contributed by atoms with E-state index < -0.39 is 0 Å². The van der Waals surface area contributed by atoms with E-state index in [0.29, 0.717) is 29.5 Å². The molecule has 7 heteroatoms. The smallest absolute Gasteiger partial charge is 0.276 e. The Hall–Kier alpha value is -3.22. The third-order valence-electron chi connectivity index (χ3n) is 4.36. The zero-order chi connectivity index (χ0) is 19.0. The first-order valence-corrected chi connectivity index (χ1v) is 8.93. The number of benzene rings is 1. The summed E-state index contributed by atoms with van der Waals surface area (Å²) in [5.74, 6) is 2.48. The van der Waals surface area contributed by atoms with Crippen molar-refractivity contribution in [3.63, 3.8) is 0 Å². The van der Waals surface area contributed by atoms with Crippen LogP contribution in [0.3, 0.4) is 0 Å². The van der Waals surface area contributed by atoms with Crippen LogP contribution in [0.1, 0.15) is 35.7 Å². The predicted molar refractivity (Wildman–Crippen MR) is 100 cm³/mol. The Balaban J connectivity index is 1.58. The molecule has 0 radical (unpaired) electrons. The zero-order valence-electron chi connectivity index (χ0n) is 15.5. The van der Waals surface area contributed by atoms with Crippen LogP contribution in [0.15, 0.2) is 34.7 Å². The van der Waals surface area contributed by atoms with Crippen molar-refractivity contribution in [1.82, 2.24) is 10.2 Å². The molecule has 1 unspecified atom stereocenters. The topological polar surface area (TPSA) is 89.4 Å². The van der Waals surface area contributed by atoms with Gasteiger partial charge < -0.3 is 19.2 Å². The molecule has 0 aliphatic carbocycles. The van der Waals surface area contributed by atoms with Gasteiger partial charge in [-0.3, -0.25) is 9.89 Å². The molecule has 0 fully saturated rings. The van der Waals surface area contributed by atoms with Gasteiger partial charge in [-0.25, -0.2) is 0 Å². The molecule has 27 heavy (non-hydrogen) atoms. The number of aromatic amines is 1. The number of hydrogen-bond donors (Lipinski definition) is 2. The Morgan fingerprint density at radius 3 is 2.96 bits per heavy atom. The third kappa shape index (κ3) is 3.40. The molecule has 140 valence electrons. The van der Waals surface area contributed by atoms with Crippen LogP contribution in [0.4, 0.5) is 5.69 Å². The minimum Gasteiger partial charge on any atom is -0.492 e. The Bertz CT molecular complexity index is 989. The summed E-state index contributed by atoms with van der Waals surface area (Å²) < 4.78 is 17.0. The van der Waals surface area contributed by atoms with Crippen molar-refractivity contribution in [1.29, 1.82) is 0 Å². The first-order chi connectivity index (χ1) is 13.0. The van der Waals surface area contributed by atoms with E-state index >= 15 is 0 Å². The molecular formula is C20H21N3O4. The molecule has 1 aliphatic rings. The molecule has 1 aromatic carbocycles. The number of aryl methyl sites for hydroxylation is 1. The number of nitrogens with one attached hydrogen (secondary N) is 2. The molecular weight excluding hydrogens is 346 g/mol. The van der Waals surface area contributed by atoms with Crippen LogP contribution >= 0.6 is 0 Å². The largest absolute Gasteiger partial charge is 0.492 e. The lowest BCUT2D eigenvalue weighted by Gasteiger charge is -2.13. The number of furan rings is 1. The molecule has 3 heterocycles. The van der Waals surface area contributed by atoms with E-state index in [-0.39, 0.29) is 17.7 Å². The minimum atomic E-state index is -0.340. The molecule has 1 atom stereocenters. The highest BCUT2D eigenvalue weighted by Gasteiger charge is 2.23. The van der Waals surface area contributed by atoms with Gasteiger partial charge in [0.05, 0.1) is 12.3 Å². The van der Waals surface area contributed by atoms with Crippen molar-refractivity contribution >= 4 is 11.6 Å². The number of aromatic nitrogens is 2. The van der Waals surface area contributed by atoms with Crippen molar-refractivity contribution in [2.45, 2.75) is 33.3 Å². The Morgan fingerprint density at radius 2 is 2.22 bits per heavy atom. The highest BCUT2D eigenvalue weighted by Crippen LogP contribution is 2.38. The number of fused-ring (bicyclic) bond motifs is 1. The fraction of sp³-hybridized carbons (Fsp3) is 0.300. The monoisotopic (exact) mass is 367 g/mol. The quantitative estimate of drug-likeness (QED) is 0.713. The van der Waals surface area contributed by atoms with Crippen LogP contribution in [-0.2, 0) is 6.42 Å². The number of hydrogen-bond acceptors (Lipinski definition) is 5. The van der Waals surface area contributed by atoms with Crippen molar-refractivity contribution in [2.24, 2.45) is 0 Å². The summed E-state index contributed by atoms with van der Waals surface area (Å²) in [4.78, 5) is 12.7. The molecule has 1 aliphatic heterocycles. The van der Waals surface area contributed by atoms with Gasteiger partial charge in [-0.05, 0) is 39.0 Å². The summed E-state index contributed by atoms with van der Waals surface area (Å²) >= 11 is 0. The van der Waals surface area contributed by atoms with Crippen LogP contribution in [0, 0.1) is 6.92 Å². The number of anilines is 1. The second-order valence-electron chi connectivity index (χ2n) is 6.55. The minimum absolute atomic E-state index is 0.117. The lowest BCUT2D eigenvalue weighted by Crippen LogP contribution is -2.13. The SMILES string of the molecule is CCOc1cc2c(cc1NC(=O)c1cc(-c3ccc(C)o3)[nH]n1)OC(C)C2. The van der Waals surface area contributed by atoms with Gasteiger partial charge in [-0.1, -0.05) is 0 Å². The summed E-state index contributed by atoms with van der Waals surface area (Å²) in [6.07, 6.45) is 0.945. The van der Waals surface area contributed by atoms with E-state index in [1.54, 1.807) is 6.07 Å². The Kier molecular flexibility index (Phi) is 4.35. The number of nitrogens with zero attached hydrogens (tertiary/aromatic N) is 1. The van der Waals surface area contributed by atoms with E-state index in [4.69, 9.17) is 13.9 Å². The third-order valence-corrected chi connectivity index (χ3v) is 4.36. The van der Waals surface area contributed by atoms with Crippen LogP contribution in [0.25, 0.3) is 11.5 Å². The molecule has 0 spiro atoms. The summed E-state index contributed by atoms with van der Waals surface area (Å²) in [6.45, 7) is 6.28. The summed E-state index contributed by atoms with van der Waals surface area (Å²) in [5, 5.41) is 9.79. The van der Waals surface area contributed by atoms with Crippen molar-refractivity contribution in [2.75, 3.05) is 11.9 Å². The number of ether oxygens (including phenoxy) is 2. The maximum atomic E-state index is 12.7. The lowest BCUT2D eigenvalue weighted by atomic mass is 10.1. The van der Waals surface area contributed by atoms with Crippen molar-refractivity contribution < 1.29 is 18.7 Å². The first kappa shape index (κ1) is 17.2. The van der Waals surface area contributed by atoms with E-state index in [2.05, 4.69) is 15.5 Å². The fourth-order valence-electron chi connectivity index (χ4n) is 3.14. The van der Waals surface area contributed by atoms with Gasteiger partial charge >= 0.3 is 0 Å². The van der Waals surface area contributed by atoms with Crippen molar-refractivity contribution in [3.8, 4) is 23.0 Å². The average Bonchev–Trinajstić information content (AvgIpc) is 3.34. The van der Waals surface area contributed by atoms with Crippen LogP contribution in [0.2, 0.25) is 0 Å². The zero-order valence-corrected chi connectivity index (χ0v) is 15.5. The molecule has 2 aromatic heterocycles. The standard InChI is InChI=1S/C20H21N3O4/c1-4-25-19-8-13-7-12(3)27-18(13)10-14(19)21-20(24)16-9-15(22-23-16)17-6-5-11(2)26-17/h5-6,8-10,12H,4,7H2,1-3H3,(H,21,24)(H,22,23). The number of rotatable bonds is 5. The van der Waals surface area contributed by atoms with Gasteiger partial charge in [0.25, 0.3) is 5.91 Å². The number of amides is 1. The van der Waals surface area contributed by atoms with E-state index in [9.17, 15) is 4.79 Å². The second kappa shape index (κ2) is 6.83. The molecule has 0 saturated heterocycles. The molecule has 4 rings (SSSR count).